The molecule has 2 aromatic rings. The molecule has 0 bridgehead atoms. The molecule has 88 valence electrons. The fourth-order valence-electron chi connectivity index (χ4n) is 1.28. The predicted octanol–water partition coefficient (Wildman–Crippen LogP) is 3.37. The third-order valence-electron chi connectivity index (χ3n) is 1.94. The highest BCUT2D eigenvalue weighted by atomic mass is 79.9. The number of thioether (sulfide) groups is 1. The normalized spacial score (nSPS) is 10.5. The lowest BCUT2D eigenvalue weighted by Gasteiger charge is -2.04. The molecule has 1 heterocycles. The largest absolute Gasteiger partial charge is 0.368 e. The Morgan fingerprint density at radius 1 is 1.06 bits per heavy atom. The van der Waals surface area contributed by atoms with Crippen molar-refractivity contribution in [2.45, 2.75) is 5.16 Å². The van der Waals surface area contributed by atoms with Crippen LogP contribution in [0.5, 0.6) is 0 Å². The molecule has 0 aliphatic heterocycles. The van der Waals surface area contributed by atoms with Crippen molar-refractivity contribution in [2.75, 3.05) is 12.0 Å². The van der Waals surface area contributed by atoms with E-state index in [4.69, 9.17) is 5.73 Å². The Kier molecular flexibility index (Phi) is 4.01. The molecule has 17 heavy (non-hydrogen) atoms. The number of nitrogen functional groups attached to an aromatic ring is 1. The molecule has 0 saturated heterocycles. The first-order chi connectivity index (χ1) is 8.08. The molecule has 0 aliphatic rings. The second-order valence-corrected chi connectivity index (χ2v) is 5.77. The van der Waals surface area contributed by atoms with Crippen LogP contribution in [0.1, 0.15) is 0 Å². The zero-order valence-corrected chi connectivity index (χ0v) is 12.8. The van der Waals surface area contributed by atoms with E-state index in [9.17, 15) is 0 Å². The molecule has 4 nitrogen and oxygen atoms in total. The van der Waals surface area contributed by atoms with Gasteiger partial charge in [-0.2, -0.15) is 9.97 Å². The summed E-state index contributed by atoms with van der Waals surface area (Å²) >= 11 is 8.29. The molecule has 0 atom stereocenters. The van der Waals surface area contributed by atoms with Crippen molar-refractivity contribution < 1.29 is 0 Å². The molecule has 0 radical (unpaired) electrons. The maximum Gasteiger partial charge on any atom is 0.224 e. The van der Waals surface area contributed by atoms with Crippen LogP contribution in [0.4, 0.5) is 5.95 Å². The van der Waals surface area contributed by atoms with Crippen molar-refractivity contribution in [3.63, 3.8) is 0 Å². The van der Waals surface area contributed by atoms with Crippen LogP contribution >= 0.6 is 43.6 Å². The second kappa shape index (κ2) is 5.32. The van der Waals surface area contributed by atoms with Gasteiger partial charge in [-0.1, -0.05) is 43.6 Å². The van der Waals surface area contributed by atoms with Crippen molar-refractivity contribution in [2.24, 2.45) is 0 Å². The highest BCUT2D eigenvalue weighted by Gasteiger charge is 2.07. The topological polar surface area (TPSA) is 64.7 Å². The molecule has 1 aromatic heterocycles. The van der Waals surface area contributed by atoms with Gasteiger partial charge in [0.2, 0.25) is 5.95 Å². The minimum atomic E-state index is 0.232. The first-order valence-corrected chi connectivity index (χ1v) is 7.41. The number of nitrogens with zero attached hydrogens (tertiary/aromatic N) is 3. The van der Waals surface area contributed by atoms with Gasteiger partial charge < -0.3 is 5.73 Å². The number of nitrogens with two attached hydrogens (primary N) is 1. The average Bonchev–Trinajstić information content (AvgIpc) is 2.26. The Morgan fingerprint density at radius 2 is 1.71 bits per heavy atom. The molecule has 0 unspecified atom stereocenters. The number of benzene rings is 1. The van der Waals surface area contributed by atoms with Crippen molar-refractivity contribution >= 4 is 49.6 Å². The molecular formula is C10H8Br2N4S. The van der Waals surface area contributed by atoms with Crippen LogP contribution in [-0.2, 0) is 0 Å². The van der Waals surface area contributed by atoms with Crippen molar-refractivity contribution in [1.29, 1.82) is 0 Å². The first-order valence-electron chi connectivity index (χ1n) is 4.60. The van der Waals surface area contributed by atoms with Gasteiger partial charge in [0.25, 0.3) is 0 Å². The maximum atomic E-state index is 5.65. The molecule has 2 rings (SSSR count). The average molecular weight is 376 g/mol. The van der Waals surface area contributed by atoms with E-state index in [0.717, 1.165) is 14.5 Å². The predicted molar refractivity (Wildman–Crippen MR) is 76.9 cm³/mol. The highest BCUT2D eigenvalue weighted by Crippen LogP contribution is 2.26. The quantitative estimate of drug-likeness (QED) is 0.815. The van der Waals surface area contributed by atoms with E-state index in [0.29, 0.717) is 11.0 Å². The fraction of sp³-hybridized carbons (Fsp3) is 0.100. The summed E-state index contributed by atoms with van der Waals surface area (Å²) in [5.41, 5.74) is 6.53. The minimum Gasteiger partial charge on any atom is -0.368 e. The molecule has 1 aromatic carbocycles. The summed E-state index contributed by atoms with van der Waals surface area (Å²) < 4.78 is 1.90. The van der Waals surface area contributed by atoms with Gasteiger partial charge in [0.05, 0.1) is 0 Å². The number of halogens is 2. The van der Waals surface area contributed by atoms with Gasteiger partial charge in [0, 0.05) is 14.5 Å². The van der Waals surface area contributed by atoms with E-state index >= 15 is 0 Å². The number of aromatic nitrogens is 3. The number of hydrogen-bond acceptors (Lipinski definition) is 5. The zero-order chi connectivity index (χ0) is 12.4. The molecular weight excluding hydrogens is 368 g/mol. The van der Waals surface area contributed by atoms with Crippen LogP contribution in [0, 0.1) is 0 Å². The number of hydrogen-bond donors (Lipinski definition) is 1. The second-order valence-electron chi connectivity index (χ2n) is 3.16. The monoisotopic (exact) mass is 374 g/mol. The summed E-state index contributed by atoms with van der Waals surface area (Å²) in [4.78, 5) is 12.5. The summed E-state index contributed by atoms with van der Waals surface area (Å²) in [6.07, 6.45) is 1.90. The van der Waals surface area contributed by atoms with Crippen LogP contribution in [0.3, 0.4) is 0 Å². The Hall–Kier alpha value is -0.660. The Labute approximate surface area is 120 Å². The summed E-state index contributed by atoms with van der Waals surface area (Å²) in [5.74, 6) is 0.805. The van der Waals surface area contributed by atoms with Gasteiger partial charge in [-0.25, -0.2) is 4.98 Å². The van der Waals surface area contributed by atoms with E-state index in [2.05, 4.69) is 46.8 Å². The van der Waals surface area contributed by atoms with E-state index in [1.165, 1.54) is 11.8 Å². The van der Waals surface area contributed by atoms with Gasteiger partial charge in [-0.3, -0.25) is 0 Å². The van der Waals surface area contributed by atoms with Crippen molar-refractivity contribution in [3.8, 4) is 11.4 Å². The molecule has 0 spiro atoms. The molecule has 0 fully saturated rings. The molecule has 0 aliphatic carbocycles. The van der Waals surface area contributed by atoms with Crippen LogP contribution in [0.25, 0.3) is 11.4 Å². The lowest BCUT2D eigenvalue weighted by atomic mass is 10.2. The lowest BCUT2D eigenvalue weighted by Crippen LogP contribution is -2.01. The molecule has 2 N–H and O–H groups in total. The SMILES string of the molecule is CSc1nc(N)nc(-c2cc(Br)cc(Br)c2)n1. The highest BCUT2D eigenvalue weighted by molar-refractivity contribution is 9.11. The van der Waals surface area contributed by atoms with Gasteiger partial charge in [0.1, 0.15) is 0 Å². The lowest BCUT2D eigenvalue weighted by molar-refractivity contribution is 0.927. The molecule has 0 amide bonds. The van der Waals surface area contributed by atoms with E-state index in [-0.39, 0.29) is 5.95 Å². The Bertz CT molecular complexity index is 542. The molecule has 0 saturated carbocycles. The number of rotatable bonds is 2. The van der Waals surface area contributed by atoms with Crippen LogP contribution in [0.2, 0.25) is 0 Å². The summed E-state index contributed by atoms with van der Waals surface area (Å²) in [5, 5.41) is 0.614. The summed E-state index contributed by atoms with van der Waals surface area (Å²) in [6, 6.07) is 5.82. The standard InChI is InChI=1S/C10H8Br2N4S/c1-17-10-15-8(14-9(13)16-10)5-2-6(11)4-7(12)3-5/h2-4H,1H3,(H2,13,14,15,16). The summed E-state index contributed by atoms with van der Waals surface area (Å²) in [6.45, 7) is 0. The van der Waals surface area contributed by atoms with Crippen molar-refractivity contribution in [1.82, 2.24) is 15.0 Å². The van der Waals surface area contributed by atoms with E-state index < -0.39 is 0 Å². The van der Waals surface area contributed by atoms with Crippen LogP contribution < -0.4 is 5.73 Å². The Balaban J connectivity index is 2.55. The minimum absolute atomic E-state index is 0.232. The maximum absolute atomic E-state index is 5.65. The van der Waals surface area contributed by atoms with Gasteiger partial charge >= 0.3 is 0 Å². The van der Waals surface area contributed by atoms with Crippen LogP contribution in [-0.4, -0.2) is 21.2 Å². The Morgan fingerprint density at radius 3 is 2.29 bits per heavy atom. The number of anilines is 1. The first kappa shape index (κ1) is 12.8. The third kappa shape index (κ3) is 3.17. The smallest absolute Gasteiger partial charge is 0.224 e. The van der Waals surface area contributed by atoms with Crippen LogP contribution in [0.15, 0.2) is 32.3 Å². The van der Waals surface area contributed by atoms with E-state index in [1.807, 2.05) is 24.5 Å². The third-order valence-corrected chi connectivity index (χ3v) is 3.40. The zero-order valence-electron chi connectivity index (χ0n) is 8.82. The van der Waals surface area contributed by atoms with Gasteiger partial charge in [0.15, 0.2) is 11.0 Å². The van der Waals surface area contributed by atoms with Gasteiger partial charge in [-0.05, 0) is 24.5 Å². The fourth-order valence-corrected chi connectivity index (χ4v) is 2.93. The summed E-state index contributed by atoms with van der Waals surface area (Å²) in [7, 11) is 0. The van der Waals surface area contributed by atoms with Crippen molar-refractivity contribution in [3.05, 3.63) is 27.1 Å². The van der Waals surface area contributed by atoms with Gasteiger partial charge in [-0.15, -0.1) is 0 Å². The van der Waals surface area contributed by atoms with E-state index in [1.54, 1.807) is 0 Å². The molecule has 7 heteroatoms.